The average molecular weight is 384 g/mol. The van der Waals surface area contributed by atoms with E-state index in [0.29, 0.717) is 16.9 Å². The molecule has 0 radical (unpaired) electrons. The zero-order valence-corrected chi connectivity index (χ0v) is 16.6. The Bertz CT molecular complexity index is 916. The predicted molar refractivity (Wildman–Crippen MR) is 105 cm³/mol. The second-order valence-electron chi connectivity index (χ2n) is 6.36. The Kier molecular flexibility index (Phi) is 6.70. The average Bonchev–Trinajstić information content (AvgIpc) is 2.87. The maximum Gasteiger partial charge on any atom is 0.355 e. The summed E-state index contributed by atoms with van der Waals surface area (Å²) in [6, 6.07) is 9.00. The van der Waals surface area contributed by atoms with E-state index in [2.05, 4.69) is 15.7 Å². The van der Waals surface area contributed by atoms with Gasteiger partial charge in [0.1, 0.15) is 5.70 Å². The number of aromatic nitrogens is 2. The van der Waals surface area contributed by atoms with Gasteiger partial charge in [-0.2, -0.15) is 5.10 Å². The van der Waals surface area contributed by atoms with Crippen LogP contribution in [-0.4, -0.2) is 33.7 Å². The van der Waals surface area contributed by atoms with Crippen molar-refractivity contribution in [3.63, 3.8) is 0 Å². The number of benzene rings is 1. The topological polar surface area (TPSA) is 102 Å². The van der Waals surface area contributed by atoms with Gasteiger partial charge in [0.2, 0.25) is 5.91 Å². The highest BCUT2D eigenvalue weighted by Crippen LogP contribution is 2.19. The van der Waals surface area contributed by atoms with Gasteiger partial charge in [-0.25, -0.2) is 4.79 Å². The highest BCUT2D eigenvalue weighted by atomic mass is 16.5. The van der Waals surface area contributed by atoms with Crippen molar-refractivity contribution in [2.45, 2.75) is 33.8 Å². The lowest BCUT2D eigenvalue weighted by molar-refractivity contribution is -0.149. The molecule has 0 unspecified atom stereocenters. The zero-order chi connectivity index (χ0) is 20.8. The highest BCUT2D eigenvalue weighted by Gasteiger charge is 2.23. The molecule has 1 aromatic heterocycles. The molecular weight excluding hydrogens is 360 g/mol. The summed E-state index contributed by atoms with van der Waals surface area (Å²) in [7, 11) is 1.77. The van der Waals surface area contributed by atoms with Crippen molar-refractivity contribution in [3.8, 4) is 0 Å². The molecule has 1 atom stereocenters. The molecule has 0 aliphatic heterocycles. The summed E-state index contributed by atoms with van der Waals surface area (Å²) >= 11 is 0. The number of carbonyl (C=O) groups is 3. The third-order valence-corrected chi connectivity index (χ3v) is 4.05. The molecule has 2 rings (SSSR count). The van der Waals surface area contributed by atoms with E-state index in [1.54, 1.807) is 42.9 Å². The smallest absolute Gasteiger partial charge is 0.355 e. The second-order valence-corrected chi connectivity index (χ2v) is 6.36. The summed E-state index contributed by atoms with van der Waals surface area (Å²) in [5.41, 5.74) is 2.69. The largest absolute Gasteiger partial charge is 0.448 e. The Labute approximate surface area is 163 Å². The quantitative estimate of drug-likeness (QED) is 0.586. The first kappa shape index (κ1) is 20.9. The minimum absolute atomic E-state index is 0.0490. The van der Waals surface area contributed by atoms with E-state index < -0.39 is 23.9 Å². The Hall–Kier alpha value is -3.42. The first-order chi connectivity index (χ1) is 13.2. The fourth-order valence-corrected chi connectivity index (χ4v) is 2.51. The maximum absolute atomic E-state index is 12.5. The van der Waals surface area contributed by atoms with E-state index in [4.69, 9.17) is 4.74 Å². The molecule has 148 valence electrons. The van der Waals surface area contributed by atoms with E-state index in [9.17, 15) is 14.4 Å². The summed E-state index contributed by atoms with van der Waals surface area (Å²) in [4.78, 5) is 36.4. The van der Waals surface area contributed by atoms with Gasteiger partial charge in [-0.1, -0.05) is 30.3 Å². The van der Waals surface area contributed by atoms with Gasteiger partial charge in [-0.3, -0.25) is 14.3 Å². The molecule has 2 aromatic rings. The van der Waals surface area contributed by atoms with Gasteiger partial charge in [0.25, 0.3) is 5.91 Å². The van der Waals surface area contributed by atoms with Gasteiger partial charge in [-0.15, -0.1) is 0 Å². The first-order valence-corrected chi connectivity index (χ1v) is 8.75. The number of esters is 1. The van der Waals surface area contributed by atoms with Crippen LogP contribution in [0.2, 0.25) is 0 Å². The molecule has 2 amide bonds. The minimum atomic E-state index is -1.07. The van der Waals surface area contributed by atoms with Crippen LogP contribution in [0.4, 0.5) is 5.69 Å². The number of hydrogen-bond acceptors (Lipinski definition) is 5. The zero-order valence-electron chi connectivity index (χ0n) is 16.6. The Morgan fingerprint density at radius 2 is 1.82 bits per heavy atom. The number of ether oxygens (including phenoxy) is 1. The van der Waals surface area contributed by atoms with Crippen LogP contribution in [-0.2, 0) is 26.2 Å². The molecule has 8 nitrogen and oxygen atoms in total. The van der Waals surface area contributed by atoms with Crippen molar-refractivity contribution in [1.29, 1.82) is 0 Å². The van der Waals surface area contributed by atoms with Crippen molar-refractivity contribution in [2.75, 3.05) is 5.32 Å². The molecule has 1 heterocycles. The van der Waals surface area contributed by atoms with Crippen molar-refractivity contribution >= 4 is 29.5 Å². The number of hydrogen-bond donors (Lipinski definition) is 2. The number of nitrogens with one attached hydrogen (secondary N) is 2. The van der Waals surface area contributed by atoms with E-state index in [0.717, 1.165) is 5.69 Å². The molecule has 0 saturated carbocycles. The van der Waals surface area contributed by atoms with Crippen LogP contribution >= 0.6 is 0 Å². The Morgan fingerprint density at radius 1 is 1.18 bits per heavy atom. The van der Waals surface area contributed by atoms with Crippen LogP contribution in [0.1, 0.15) is 30.8 Å². The number of anilines is 1. The number of carbonyl (C=O) groups excluding carboxylic acids is 3. The lowest BCUT2D eigenvalue weighted by atomic mass is 10.2. The molecule has 0 aliphatic carbocycles. The molecule has 28 heavy (non-hydrogen) atoms. The lowest BCUT2D eigenvalue weighted by Crippen LogP contribution is -2.34. The SMILES string of the molecule is CC(=O)N/C(=C\c1ccccc1)C(=O)O[C@H](C)C(=O)Nc1c(C)nn(C)c1C. The highest BCUT2D eigenvalue weighted by molar-refractivity contribution is 6.00. The van der Waals surface area contributed by atoms with Gasteiger partial charge in [-0.05, 0) is 32.4 Å². The summed E-state index contributed by atoms with van der Waals surface area (Å²) in [6.45, 7) is 6.35. The van der Waals surface area contributed by atoms with Crippen LogP contribution in [0.15, 0.2) is 36.0 Å². The Morgan fingerprint density at radius 3 is 2.36 bits per heavy atom. The third-order valence-electron chi connectivity index (χ3n) is 4.05. The fraction of sp³-hybridized carbons (Fsp3) is 0.300. The number of rotatable bonds is 6. The van der Waals surface area contributed by atoms with Crippen LogP contribution in [0, 0.1) is 13.8 Å². The van der Waals surface area contributed by atoms with Crippen molar-refractivity contribution < 1.29 is 19.1 Å². The second kappa shape index (κ2) is 8.98. The molecule has 0 saturated heterocycles. The molecule has 0 aliphatic rings. The van der Waals surface area contributed by atoms with Crippen molar-refractivity contribution in [2.24, 2.45) is 7.05 Å². The van der Waals surface area contributed by atoms with Gasteiger partial charge in [0.15, 0.2) is 6.10 Å². The van der Waals surface area contributed by atoms with E-state index in [1.165, 1.54) is 19.9 Å². The molecule has 2 N–H and O–H groups in total. The molecule has 8 heteroatoms. The van der Waals surface area contributed by atoms with Crippen LogP contribution in [0.25, 0.3) is 6.08 Å². The van der Waals surface area contributed by atoms with Gasteiger partial charge >= 0.3 is 5.97 Å². The lowest BCUT2D eigenvalue weighted by Gasteiger charge is -2.15. The minimum Gasteiger partial charge on any atom is -0.448 e. The number of aryl methyl sites for hydroxylation is 2. The molecule has 1 aromatic carbocycles. The van der Waals surface area contributed by atoms with Gasteiger partial charge in [0, 0.05) is 14.0 Å². The van der Waals surface area contributed by atoms with Crippen LogP contribution in [0.3, 0.4) is 0 Å². The standard InChI is InChI=1S/C20H24N4O4/c1-12-18(13(2)24(5)23-12)22-19(26)14(3)28-20(27)17(21-15(4)25)11-16-9-7-6-8-10-16/h6-11,14H,1-5H3,(H,21,25)(H,22,26)/b17-11-/t14-/m1/s1. The molecule has 0 bridgehead atoms. The van der Waals surface area contributed by atoms with E-state index in [-0.39, 0.29) is 5.70 Å². The van der Waals surface area contributed by atoms with Crippen LogP contribution in [0.5, 0.6) is 0 Å². The molecule has 0 fully saturated rings. The number of nitrogens with zero attached hydrogens (tertiary/aromatic N) is 2. The van der Waals surface area contributed by atoms with E-state index >= 15 is 0 Å². The summed E-state index contributed by atoms with van der Waals surface area (Å²) in [5, 5.41) is 9.40. The summed E-state index contributed by atoms with van der Waals surface area (Å²) in [5.74, 6) is -1.71. The van der Waals surface area contributed by atoms with Gasteiger partial charge < -0.3 is 15.4 Å². The molecular formula is C20H24N4O4. The van der Waals surface area contributed by atoms with Crippen molar-refractivity contribution in [1.82, 2.24) is 15.1 Å². The number of amides is 2. The molecule has 0 spiro atoms. The fourth-order valence-electron chi connectivity index (χ4n) is 2.51. The van der Waals surface area contributed by atoms with Crippen molar-refractivity contribution in [3.05, 3.63) is 53.0 Å². The first-order valence-electron chi connectivity index (χ1n) is 8.75. The summed E-state index contributed by atoms with van der Waals surface area (Å²) in [6.07, 6.45) is 0.420. The summed E-state index contributed by atoms with van der Waals surface area (Å²) < 4.78 is 6.90. The van der Waals surface area contributed by atoms with Crippen LogP contribution < -0.4 is 10.6 Å². The normalized spacial score (nSPS) is 12.2. The van der Waals surface area contributed by atoms with Gasteiger partial charge in [0.05, 0.1) is 17.1 Å². The maximum atomic E-state index is 12.5. The predicted octanol–water partition coefficient (Wildman–Crippen LogP) is 2.08. The third kappa shape index (κ3) is 5.29. The Balaban J connectivity index is 2.12. The van der Waals surface area contributed by atoms with E-state index in [1.807, 2.05) is 13.0 Å². The monoisotopic (exact) mass is 384 g/mol.